The third-order valence-corrected chi connectivity index (χ3v) is 3.91. The van der Waals surface area contributed by atoms with Crippen molar-refractivity contribution < 1.29 is 14.3 Å². The summed E-state index contributed by atoms with van der Waals surface area (Å²) in [4.78, 5) is 11.8. The van der Waals surface area contributed by atoms with E-state index in [2.05, 4.69) is 5.32 Å². The second kappa shape index (κ2) is 5.15. The van der Waals surface area contributed by atoms with E-state index in [-0.39, 0.29) is 17.6 Å². The van der Waals surface area contributed by atoms with Crippen LogP contribution < -0.4 is 11.1 Å². The molecule has 1 amide bonds. The third kappa shape index (κ3) is 3.02. The lowest BCUT2D eigenvalue weighted by Gasteiger charge is -2.43. The first-order chi connectivity index (χ1) is 8.44. The Morgan fingerprint density at radius 1 is 1.44 bits per heavy atom. The Bertz CT molecular complexity index is 313. The summed E-state index contributed by atoms with van der Waals surface area (Å²) >= 11 is 0. The summed E-state index contributed by atoms with van der Waals surface area (Å²) in [5.41, 5.74) is 4.66. The van der Waals surface area contributed by atoms with Gasteiger partial charge in [0.25, 0.3) is 0 Å². The molecule has 5 nitrogen and oxygen atoms in total. The van der Waals surface area contributed by atoms with Gasteiger partial charge in [-0.2, -0.15) is 0 Å². The molecular formula is C13H24N2O3. The molecule has 5 heteroatoms. The molecule has 0 aromatic rings. The van der Waals surface area contributed by atoms with Crippen molar-refractivity contribution in [1.82, 2.24) is 5.32 Å². The molecule has 2 saturated heterocycles. The Morgan fingerprint density at radius 2 is 2.22 bits per heavy atom. The van der Waals surface area contributed by atoms with Crippen molar-refractivity contribution >= 4 is 5.91 Å². The first-order valence-corrected chi connectivity index (χ1v) is 6.74. The molecule has 2 unspecified atom stereocenters. The fraction of sp³-hybridized carbons (Fsp3) is 0.923. The predicted octanol–water partition coefficient (Wildman–Crippen LogP) is 0.568. The molecule has 0 aliphatic carbocycles. The van der Waals surface area contributed by atoms with Crippen LogP contribution in [0.15, 0.2) is 0 Å². The van der Waals surface area contributed by atoms with Crippen LogP contribution in [-0.2, 0) is 14.3 Å². The summed E-state index contributed by atoms with van der Waals surface area (Å²) in [6.07, 6.45) is 3.62. The average Bonchev–Trinajstić information content (AvgIpc) is 2.77. The van der Waals surface area contributed by atoms with Crippen molar-refractivity contribution in [2.45, 2.75) is 56.8 Å². The maximum Gasteiger partial charge on any atom is 0.237 e. The molecule has 18 heavy (non-hydrogen) atoms. The van der Waals surface area contributed by atoms with Crippen LogP contribution in [0.3, 0.4) is 0 Å². The molecule has 104 valence electrons. The molecule has 2 heterocycles. The molecule has 2 fully saturated rings. The quantitative estimate of drug-likeness (QED) is 0.771. The molecule has 0 aromatic heterocycles. The van der Waals surface area contributed by atoms with Crippen LogP contribution in [0.2, 0.25) is 0 Å². The van der Waals surface area contributed by atoms with E-state index in [9.17, 15) is 4.79 Å². The summed E-state index contributed by atoms with van der Waals surface area (Å²) in [7, 11) is 0. The molecule has 0 radical (unpaired) electrons. The van der Waals surface area contributed by atoms with E-state index in [0.717, 1.165) is 19.4 Å². The number of nitrogens with two attached hydrogens (primary N) is 1. The van der Waals surface area contributed by atoms with Gasteiger partial charge < -0.3 is 20.5 Å². The zero-order valence-corrected chi connectivity index (χ0v) is 11.3. The van der Waals surface area contributed by atoms with E-state index in [1.807, 2.05) is 13.8 Å². The van der Waals surface area contributed by atoms with Crippen LogP contribution in [0.5, 0.6) is 0 Å². The molecule has 2 aliphatic heterocycles. The first-order valence-electron chi connectivity index (χ1n) is 6.74. The van der Waals surface area contributed by atoms with Gasteiger partial charge in [0.2, 0.25) is 5.91 Å². The number of amides is 1. The highest BCUT2D eigenvalue weighted by molar-refractivity contribution is 5.85. The van der Waals surface area contributed by atoms with E-state index in [1.54, 1.807) is 0 Å². The highest BCUT2D eigenvalue weighted by Crippen LogP contribution is 2.32. The van der Waals surface area contributed by atoms with Crippen molar-refractivity contribution in [3.8, 4) is 0 Å². The van der Waals surface area contributed by atoms with Gasteiger partial charge in [-0.25, -0.2) is 0 Å². The minimum atomic E-state index is -0.645. The Balaban J connectivity index is 1.99. The Hall–Kier alpha value is -0.650. The van der Waals surface area contributed by atoms with Gasteiger partial charge >= 0.3 is 0 Å². The summed E-state index contributed by atoms with van der Waals surface area (Å²) in [6.45, 7) is 6.08. The van der Waals surface area contributed by atoms with E-state index in [0.29, 0.717) is 26.0 Å². The van der Waals surface area contributed by atoms with E-state index < -0.39 is 5.54 Å². The molecule has 2 rings (SSSR count). The van der Waals surface area contributed by atoms with Crippen LogP contribution in [0, 0.1) is 0 Å². The third-order valence-electron chi connectivity index (χ3n) is 3.91. The predicted molar refractivity (Wildman–Crippen MR) is 68.2 cm³/mol. The van der Waals surface area contributed by atoms with Crippen molar-refractivity contribution in [3.63, 3.8) is 0 Å². The van der Waals surface area contributed by atoms with Crippen molar-refractivity contribution in [3.05, 3.63) is 0 Å². The van der Waals surface area contributed by atoms with Gasteiger partial charge in [-0.15, -0.1) is 0 Å². The fourth-order valence-electron chi connectivity index (χ4n) is 2.93. The zero-order chi connectivity index (χ0) is 13.2. The van der Waals surface area contributed by atoms with Gasteiger partial charge in [0.1, 0.15) is 5.54 Å². The zero-order valence-electron chi connectivity index (χ0n) is 11.3. The standard InChI is InChI=1S/C13H24N2O3/c1-12(2)9-13(11(14)16,5-7-18-12)15-8-10-4-3-6-17-10/h10,15H,3-9H2,1-2H3,(H2,14,16). The smallest absolute Gasteiger partial charge is 0.237 e. The summed E-state index contributed by atoms with van der Waals surface area (Å²) in [5, 5.41) is 3.35. The first kappa shape index (κ1) is 13.8. The van der Waals surface area contributed by atoms with Crippen LogP contribution in [0.4, 0.5) is 0 Å². The van der Waals surface area contributed by atoms with Crippen LogP contribution >= 0.6 is 0 Å². The Labute approximate surface area is 108 Å². The number of hydrogen-bond donors (Lipinski definition) is 2. The maximum absolute atomic E-state index is 11.8. The number of primary amides is 1. The van der Waals surface area contributed by atoms with Crippen molar-refractivity contribution in [1.29, 1.82) is 0 Å². The van der Waals surface area contributed by atoms with Crippen LogP contribution in [0.1, 0.15) is 39.5 Å². The van der Waals surface area contributed by atoms with E-state index in [4.69, 9.17) is 15.2 Å². The minimum Gasteiger partial charge on any atom is -0.377 e. The molecular weight excluding hydrogens is 232 g/mol. The van der Waals surface area contributed by atoms with Crippen LogP contribution in [0.25, 0.3) is 0 Å². The second-order valence-electron chi connectivity index (χ2n) is 6.00. The largest absolute Gasteiger partial charge is 0.377 e. The average molecular weight is 256 g/mol. The summed E-state index contributed by atoms with van der Waals surface area (Å²) < 4.78 is 11.2. The highest BCUT2D eigenvalue weighted by Gasteiger charge is 2.45. The van der Waals surface area contributed by atoms with Gasteiger partial charge in [0, 0.05) is 26.2 Å². The summed E-state index contributed by atoms with van der Waals surface area (Å²) in [6, 6.07) is 0. The number of ether oxygens (including phenoxy) is 2. The SMILES string of the molecule is CC1(C)CC(NCC2CCCO2)(C(N)=O)CCO1. The maximum atomic E-state index is 11.8. The Kier molecular flexibility index (Phi) is 3.94. The lowest BCUT2D eigenvalue weighted by Crippen LogP contribution is -2.63. The van der Waals surface area contributed by atoms with E-state index >= 15 is 0 Å². The fourth-order valence-corrected chi connectivity index (χ4v) is 2.93. The number of rotatable bonds is 4. The van der Waals surface area contributed by atoms with Gasteiger partial charge in [0.15, 0.2) is 0 Å². The van der Waals surface area contributed by atoms with Crippen LogP contribution in [-0.4, -0.2) is 42.9 Å². The van der Waals surface area contributed by atoms with Gasteiger partial charge in [0.05, 0.1) is 11.7 Å². The summed E-state index contributed by atoms with van der Waals surface area (Å²) in [5.74, 6) is -0.281. The van der Waals surface area contributed by atoms with Crippen molar-refractivity contribution in [2.24, 2.45) is 5.73 Å². The second-order valence-corrected chi connectivity index (χ2v) is 6.00. The molecule has 0 spiro atoms. The number of hydrogen-bond acceptors (Lipinski definition) is 4. The molecule has 3 N–H and O–H groups in total. The molecule has 0 bridgehead atoms. The van der Waals surface area contributed by atoms with E-state index in [1.165, 1.54) is 0 Å². The number of carbonyl (C=O) groups excluding carboxylic acids is 1. The number of nitrogens with one attached hydrogen (secondary N) is 1. The minimum absolute atomic E-state index is 0.215. The highest BCUT2D eigenvalue weighted by atomic mass is 16.5. The number of carbonyl (C=O) groups is 1. The lowest BCUT2D eigenvalue weighted by molar-refractivity contribution is -0.139. The molecule has 0 saturated carbocycles. The monoisotopic (exact) mass is 256 g/mol. The van der Waals surface area contributed by atoms with Gasteiger partial charge in [-0.05, 0) is 33.1 Å². The normalized spacial score (nSPS) is 35.6. The van der Waals surface area contributed by atoms with Crippen molar-refractivity contribution in [2.75, 3.05) is 19.8 Å². The lowest BCUT2D eigenvalue weighted by atomic mass is 9.80. The van der Waals surface area contributed by atoms with Gasteiger partial charge in [-0.3, -0.25) is 4.79 Å². The Morgan fingerprint density at radius 3 is 2.78 bits per heavy atom. The van der Waals surface area contributed by atoms with Gasteiger partial charge in [-0.1, -0.05) is 0 Å². The molecule has 0 aromatic carbocycles. The topological polar surface area (TPSA) is 73.6 Å². The molecule has 2 atom stereocenters. The molecule has 2 aliphatic rings.